The predicted octanol–water partition coefficient (Wildman–Crippen LogP) is 3.10. The van der Waals surface area contributed by atoms with Gasteiger partial charge in [0.1, 0.15) is 6.04 Å². The number of benzene rings is 1. The fourth-order valence-electron chi connectivity index (χ4n) is 6.65. The summed E-state index contributed by atoms with van der Waals surface area (Å²) in [6.07, 6.45) is 10.0. The van der Waals surface area contributed by atoms with E-state index in [2.05, 4.69) is 19.1 Å². The van der Waals surface area contributed by atoms with Crippen molar-refractivity contribution in [1.29, 1.82) is 0 Å². The number of nitrogens with zero attached hydrogens (tertiary/aromatic N) is 3. The maximum absolute atomic E-state index is 14.4. The third-order valence-electron chi connectivity index (χ3n) is 8.58. The summed E-state index contributed by atoms with van der Waals surface area (Å²) in [4.78, 5) is 48.2. The van der Waals surface area contributed by atoms with Crippen LogP contribution in [0.5, 0.6) is 0 Å². The van der Waals surface area contributed by atoms with Gasteiger partial charge in [-0.15, -0.1) is 11.8 Å². The van der Waals surface area contributed by atoms with E-state index in [1.807, 2.05) is 66.1 Å². The number of carbonyl (C=O) groups excluding carboxylic acids is 3. The van der Waals surface area contributed by atoms with Crippen molar-refractivity contribution in [2.45, 2.75) is 62.2 Å². The van der Waals surface area contributed by atoms with Gasteiger partial charge in [0, 0.05) is 31.4 Å². The molecule has 5 rings (SSSR count). The molecule has 1 unspecified atom stereocenters. The van der Waals surface area contributed by atoms with Gasteiger partial charge in [-0.2, -0.15) is 0 Å². The van der Waals surface area contributed by atoms with E-state index in [1.165, 1.54) is 0 Å². The summed E-state index contributed by atoms with van der Waals surface area (Å²) >= 11 is 1.60. The van der Waals surface area contributed by atoms with Gasteiger partial charge in [0.15, 0.2) is 0 Å². The zero-order valence-corrected chi connectivity index (χ0v) is 23.3. The van der Waals surface area contributed by atoms with E-state index >= 15 is 0 Å². The molecule has 8 heteroatoms. The molecule has 2 saturated heterocycles. The SMILES string of the molecule is CCCCN1CC=C[C@]23S[C@H]4C=CCN(Cc5ccccc5)C(=O)[C@H]4[C@H]2C(=O)N([C@@H](CO)C(C)C)C3C1=O. The van der Waals surface area contributed by atoms with Crippen molar-refractivity contribution in [2.24, 2.45) is 17.8 Å². The van der Waals surface area contributed by atoms with Crippen LogP contribution in [0.15, 0.2) is 54.6 Å². The van der Waals surface area contributed by atoms with E-state index in [0.717, 1.165) is 18.4 Å². The van der Waals surface area contributed by atoms with Crippen molar-refractivity contribution in [1.82, 2.24) is 14.7 Å². The highest BCUT2D eigenvalue weighted by Gasteiger charge is 2.71. The Balaban J connectivity index is 1.57. The Hall–Kier alpha value is -2.58. The lowest BCUT2D eigenvalue weighted by atomic mass is 9.78. The number of aliphatic hydroxyl groups is 1. The molecule has 7 nitrogen and oxygen atoms in total. The average molecular weight is 538 g/mol. The van der Waals surface area contributed by atoms with Crippen molar-refractivity contribution in [3.05, 3.63) is 60.2 Å². The van der Waals surface area contributed by atoms with Gasteiger partial charge in [0.2, 0.25) is 17.7 Å². The second-order valence-corrected chi connectivity index (χ2v) is 12.7. The summed E-state index contributed by atoms with van der Waals surface area (Å²) < 4.78 is -0.845. The van der Waals surface area contributed by atoms with Gasteiger partial charge in [0.25, 0.3) is 0 Å². The van der Waals surface area contributed by atoms with E-state index in [-0.39, 0.29) is 35.5 Å². The van der Waals surface area contributed by atoms with Crippen molar-refractivity contribution in [2.75, 3.05) is 26.2 Å². The first-order valence-corrected chi connectivity index (χ1v) is 14.8. The lowest BCUT2D eigenvalue weighted by molar-refractivity contribution is -0.147. The first-order valence-electron chi connectivity index (χ1n) is 13.9. The van der Waals surface area contributed by atoms with Gasteiger partial charge in [0.05, 0.1) is 29.2 Å². The van der Waals surface area contributed by atoms with Crippen LogP contribution < -0.4 is 0 Å². The van der Waals surface area contributed by atoms with Gasteiger partial charge in [-0.1, -0.05) is 81.8 Å². The van der Waals surface area contributed by atoms with Crippen LogP contribution in [0, 0.1) is 17.8 Å². The van der Waals surface area contributed by atoms with Crippen LogP contribution >= 0.6 is 11.8 Å². The molecule has 1 N–H and O–H groups in total. The highest BCUT2D eigenvalue weighted by molar-refractivity contribution is 8.02. The zero-order chi connectivity index (χ0) is 27.0. The normalized spacial score (nSPS) is 31.4. The van der Waals surface area contributed by atoms with Crippen LogP contribution in [-0.4, -0.2) is 85.8 Å². The Morgan fingerprint density at radius 1 is 1.03 bits per heavy atom. The summed E-state index contributed by atoms with van der Waals surface area (Å²) in [6, 6.07) is 8.67. The summed E-state index contributed by atoms with van der Waals surface area (Å²) in [5.74, 6) is -1.54. The van der Waals surface area contributed by atoms with Crippen LogP contribution in [-0.2, 0) is 20.9 Å². The van der Waals surface area contributed by atoms with Crippen molar-refractivity contribution < 1.29 is 19.5 Å². The molecule has 1 aromatic rings. The van der Waals surface area contributed by atoms with Crippen molar-refractivity contribution in [3.63, 3.8) is 0 Å². The Kier molecular flexibility index (Phi) is 7.74. The third-order valence-corrected chi connectivity index (χ3v) is 10.3. The number of fused-ring (bicyclic) bond motifs is 2. The molecule has 0 aliphatic carbocycles. The molecule has 1 aromatic carbocycles. The maximum atomic E-state index is 14.4. The second-order valence-electron chi connectivity index (χ2n) is 11.3. The van der Waals surface area contributed by atoms with Crippen LogP contribution in [0.25, 0.3) is 0 Å². The van der Waals surface area contributed by atoms with Crippen LogP contribution in [0.1, 0.15) is 39.2 Å². The summed E-state index contributed by atoms with van der Waals surface area (Å²) in [5.41, 5.74) is 1.04. The number of rotatable bonds is 8. The van der Waals surface area contributed by atoms with E-state index in [1.54, 1.807) is 16.7 Å². The number of amides is 3. The van der Waals surface area contributed by atoms with Gasteiger partial charge < -0.3 is 19.8 Å². The summed E-state index contributed by atoms with van der Waals surface area (Å²) in [5, 5.41) is 10.2. The molecule has 2 fully saturated rings. The number of hydrogen-bond acceptors (Lipinski definition) is 5. The maximum Gasteiger partial charge on any atom is 0.247 e. The van der Waals surface area contributed by atoms with Crippen LogP contribution in [0.4, 0.5) is 0 Å². The Labute approximate surface area is 229 Å². The molecule has 0 radical (unpaired) electrons. The lowest BCUT2D eigenvalue weighted by Crippen LogP contribution is -2.57. The Morgan fingerprint density at radius 2 is 1.76 bits per heavy atom. The fraction of sp³-hybridized carbons (Fsp3) is 0.567. The molecular formula is C30H39N3O4S. The topological polar surface area (TPSA) is 81.2 Å². The number of carbonyl (C=O) groups is 3. The average Bonchev–Trinajstić information content (AvgIpc) is 3.22. The largest absolute Gasteiger partial charge is 0.394 e. The van der Waals surface area contributed by atoms with E-state index in [0.29, 0.717) is 26.2 Å². The molecule has 4 aliphatic heterocycles. The van der Waals surface area contributed by atoms with Gasteiger partial charge in [-0.05, 0) is 17.9 Å². The molecule has 204 valence electrons. The van der Waals surface area contributed by atoms with Gasteiger partial charge in [-0.3, -0.25) is 14.4 Å². The number of hydrogen-bond donors (Lipinski definition) is 1. The Morgan fingerprint density at radius 3 is 2.45 bits per heavy atom. The number of thioether (sulfide) groups is 1. The fourth-order valence-corrected chi connectivity index (χ4v) is 8.64. The molecule has 38 heavy (non-hydrogen) atoms. The van der Waals surface area contributed by atoms with Crippen LogP contribution in [0.2, 0.25) is 0 Å². The molecule has 4 heterocycles. The highest BCUT2D eigenvalue weighted by atomic mass is 32.2. The molecule has 1 spiro atoms. The minimum atomic E-state index is -0.845. The monoisotopic (exact) mass is 537 g/mol. The molecule has 0 aromatic heterocycles. The first-order chi connectivity index (χ1) is 18.3. The third kappa shape index (κ3) is 4.39. The lowest BCUT2D eigenvalue weighted by Gasteiger charge is -2.39. The molecule has 3 amide bonds. The first kappa shape index (κ1) is 27.0. The predicted molar refractivity (Wildman–Crippen MR) is 149 cm³/mol. The standard InChI is InChI=1S/C30H39N3O4S/c1-4-5-15-31-17-10-14-30-25(28(36)33(26(30)29(31)37)22(19-34)20(2)3)24-23(38-30)13-9-16-32(27(24)35)18-21-11-7-6-8-12-21/h6-14,20,22-26,34H,4-5,15-19H2,1-3H3/t22-,23-,24+,25-,26?,30-/m0/s1. The van der Waals surface area contributed by atoms with Crippen molar-refractivity contribution >= 4 is 29.5 Å². The summed E-state index contributed by atoms with van der Waals surface area (Å²) in [6.45, 7) is 7.91. The molecule has 0 bridgehead atoms. The summed E-state index contributed by atoms with van der Waals surface area (Å²) in [7, 11) is 0. The van der Waals surface area contributed by atoms with E-state index in [9.17, 15) is 19.5 Å². The van der Waals surface area contributed by atoms with Gasteiger partial charge in [-0.25, -0.2) is 0 Å². The Bertz CT molecular complexity index is 1120. The van der Waals surface area contributed by atoms with Gasteiger partial charge >= 0.3 is 0 Å². The number of aliphatic hydroxyl groups excluding tert-OH is 1. The molecular weight excluding hydrogens is 498 g/mol. The number of unbranched alkanes of at least 4 members (excludes halogenated alkanes) is 1. The van der Waals surface area contributed by atoms with E-state index in [4.69, 9.17) is 0 Å². The molecule has 0 saturated carbocycles. The molecule has 4 aliphatic rings. The smallest absolute Gasteiger partial charge is 0.247 e. The minimum absolute atomic E-state index is 0.0368. The quantitative estimate of drug-likeness (QED) is 0.516. The minimum Gasteiger partial charge on any atom is -0.394 e. The van der Waals surface area contributed by atoms with Crippen LogP contribution in [0.3, 0.4) is 0 Å². The van der Waals surface area contributed by atoms with E-state index < -0.39 is 28.7 Å². The molecule has 6 atom stereocenters. The highest BCUT2D eigenvalue weighted by Crippen LogP contribution is 2.61. The van der Waals surface area contributed by atoms with Crippen molar-refractivity contribution in [3.8, 4) is 0 Å². The number of likely N-dealkylation sites (tertiary alicyclic amines) is 1. The second kappa shape index (κ2) is 10.9. The zero-order valence-electron chi connectivity index (χ0n) is 22.5.